The smallest absolute Gasteiger partial charge is 0.381 e. The number of alkyl halides is 3. The van der Waals surface area contributed by atoms with E-state index in [4.69, 9.17) is 11.6 Å². The molecular formula is C24H20ClF3N4O. The highest BCUT2D eigenvalue weighted by atomic mass is 35.5. The number of nitrogens with zero attached hydrogens (tertiary/aromatic N) is 4. The van der Waals surface area contributed by atoms with Crippen molar-refractivity contribution in [1.29, 1.82) is 0 Å². The van der Waals surface area contributed by atoms with Crippen molar-refractivity contribution < 1.29 is 18.3 Å². The topological polar surface area (TPSA) is 55.9 Å². The van der Waals surface area contributed by atoms with Gasteiger partial charge in [0, 0.05) is 17.4 Å². The minimum absolute atomic E-state index is 0.0203. The van der Waals surface area contributed by atoms with E-state index in [1.807, 2.05) is 36.5 Å². The van der Waals surface area contributed by atoms with Crippen molar-refractivity contribution in [2.45, 2.75) is 24.9 Å². The predicted molar refractivity (Wildman–Crippen MR) is 120 cm³/mol. The van der Waals surface area contributed by atoms with Crippen LogP contribution >= 0.6 is 11.6 Å². The minimum Gasteiger partial charge on any atom is -0.381 e. The van der Waals surface area contributed by atoms with Crippen LogP contribution in [0.2, 0.25) is 5.02 Å². The Kier molecular flexibility index (Phi) is 6.40. The highest BCUT2D eigenvalue weighted by molar-refractivity contribution is 6.30. The fourth-order valence-electron chi connectivity index (χ4n) is 3.51. The molecule has 0 amide bonds. The van der Waals surface area contributed by atoms with Crippen LogP contribution in [0.15, 0.2) is 79.6 Å². The Morgan fingerprint density at radius 3 is 2.18 bits per heavy atom. The van der Waals surface area contributed by atoms with Crippen molar-refractivity contribution >= 4 is 23.8 Å². The van der Waals surface area contributed by atoms with Gasteiger partial charge in [0.2, 0.25) is 0 Å². The summed E-state index contributed by atoms with van der Waals surface area (Å²) >= 11 is 5.91. The summed E-state index contributed by atoms with van der Waals surface area (Å²) in [6.45, 7) is 0.125. The lowest BCUT2D eigenvalue weighted by Crippen LogP contribution is -2.36. The predicted octanol–water partition coefficient (Wildman–Crippen LogP) is 5.51. The molecule has 0 aliphatic heterocycles. The van der Waals surface area contributed by atoms with Crippen molar-refractivity contribution in [2.24, 2.45) is 0 Å². The summed E-state index contributed by atoms with van der Waals surface area (Å²) in [6.07, 6.45) is 5.85. The lowest BCUT2D eigenvalue weighted by Gasteiger charge is -2.29. The van der Waals surface area contributed by atoms with Crippen molar-refractivity contribution in [3.8, 4) is 0 Å². The van der Waals surface area contributed by atoms with E-state index < -0.39 is 17.3 Å². The standard InChI is InChI=1S/C24H20ClF3N4O/c25-22-9-3-18(4-10-22)1-2-19-11-12-31(13-19)14-23(33,15-32-17-29-16-30-32)20-5-7-21(8-6-20)24(26,27)28/h1-13,16-17,33H,14-15H2/b2-1+. The molecule has 33 heavy (non-hydrogen) atoms. The number of hydrogen-bond acceptors (Lipinski definition) is 3. The van der Waals surface area contributed by atoms with E-state index in [1.165, 1.54) is 29.5 Å². The van der Waals surface area contributed by atoms with Gasteiger partial charge in [-0.15, -0.1) is 0 Å². The molecule has 1 N–H and O–H groups in total. The quantitative estimate of drug-likeness (QED) is 0.386. The van der Waals surface area contributed by atoms with E-state index in [0.717, 1.165) is 23.3 Å². The van der Waals surface area contributed by atoms with Gasteiger partial charge in [-0.25, -0.2) is 9.67 Å². The molecule has 1 unspecified atom stereocenters. The van der Waals surface area contributed by atoms with Crippen molar-refractivity contribution in [3.05, 3.63) is 107 Å². The zero-order chi connectivity index (χ0) is 23.5. The molecular weight excluding hydrogens is 453 g/mol. The fourth-order valence-corrected chi connectivity index (χ4v) is 3.64. The molecule has 2 aromatic heterocycles. The summed E-state index contributed by atoms with van der Waals surface area (Å²) in [6, 6.07) is 13.8. The van der Waals surface area contributed by atoms with Crippen LogP contribution in [-0.4, -0.2) is 24.4 Å². The lowest BCUT2D eigenvalue weighted by atomic mass is 9.92. The first-order chi connectivity index (χ1) is 15.7. The Hall–Kier alpha value is -3.36. The zero-order valence-corrected chi connectivity index (χ0v) is 18.1. The number of halogens is 4. The normalized spacial score (nSPS) is 14.0. The summed E-state index contributed by atoms with van der Waals surface area (Å²) in [5.41, 5.74) is -0.0587. The molecule has 0 aliphatic rings. The molecule has 9 heteroatoms. The van der Waals surface area contributed by atoms with Gasteiger partial charge in [-0.2, -0.15) is 18.3 Å². The SMILES string of the molecule is OC(Cn1ccc(/C=C/c2ccc(Cl)cc2)c1)(Cn1cncn1)c1ccc(C(F)(F)F)cc1. The summed E-state index contributed by atoms with van der Waals surface area (Å²) in [5, 5.41) is 16.2. The van der Waals surface area contributed by atoms with Crippen LogP contribution in [-0.2, 0) is 24.9 Å². The van der Waals surface area contributed by atoms with Gasteiger partial charge in [0.25, 0.3) is 0 Å². The van der Waals surface area contributed by atoms with Crippen LogP contribution in [0.5, 0.6) is 0 Å². The average Bonchev–Trinajstić information content (AvgIpc) is 3.45. The van der Waals surface area contributed by atoms with E-state index in [1.54, 1.807) is 22.9 Å². The maximum Gasteiger partial charge on any atom is 0.416 e. The monoisotopic (exact) mass is 472 g/mol. The number of benzene rings is 2. The zero-order valence-electron chi connectivity index (χ0n) is 17.3. The Balaban J connectivity index is 1.57. The molecule has 0 aliphatic carbocycles. The average molecular weight is 473 g/mol. The second-order valence-corrected chi connectivity index (χ2v) is 8.14. The van der Waals surface area contributed by atoms with Gasteiger partial charge in [-0.1, -0.05) is 48.0 Å². The molecule has 1 atom stereocenters. The van der Waals surface area contributed by atoms with E-state index in [2.05, 4.69) is 10.1 Å². The summed E-state index contributed by atoms with van der Waals surface area (Å²) < 4.78 is 42.2. The molecule has 2 aromatic carbocycles. The number of aromatic nitrogens is 4. The van der Waals surface area contributed by atoms with Gasteiger partial charge in [0.15, 0.2) is 0 Å². The van der Waals surface area contributed by atoms with E-state index in [-0.39, 0.29) is 13.1 Å². The van der Waals surface area contributed by atoms with Crippen molar-refractivity contribution in [1.82, 2.24) is 19.3 Å². The maximum absolute atomic E-state index is 13.0. The summed E-state index contributed by atoms with van der Waals surface area (Å²) in [4.78, 5) is 3.88. The third-order valence-electron chi connectivity index (χ3n) is 5.20. The second-order valence-electron chi connectivity index (χ2n) is 7.70. The van der Waals surface area contributed by atoms with E-state index in [9.17, 15) is 18.3 Å². The third kappa shape index (κ3) is 5.71. The largest absolute Gasteiger partial charge is 0.416 e. The molecule has 4 aromatic rings. The fraction of sp³-hybridized carbons (Fsp3) is 0.167. The Bertz CT molecular complexity index is 1220. The molecule has 0 saturated carbocycles. The Labute approximate surface area is 193 Å². The molecule has 170 valence electrons. The number of hydrogen-bond donors (Lipinski definition) is 1. The van der Waals surface area contributed by atoms with Crippen LogP contribution in [0, 0.1) is 0 Å². The Morgan fingerprint density at radius 1 is 0.879 bits per heavy atom. The Morgan fingerprint density at radius 2 is 1.55 bits per heavy atom. The highest BCUT2D eigenvalue weighted by Crippen LogP contribution is 2.32. The molecule has 0 saturated heterocycles. The van der Waals surface area contributed by atoms with Gasteiger partial charge in [-0.05, 0) is 47.0 Å². The highest BCUT2D eigenvalue weighted by Gasteiger charge is 2.34. The first-order valence-electron chi connectivity index (χ1n) is 10.0. The second kappa shape index (κ2) is 9.25. The van der Waals surface area contributed by atoms with Crippen molar-refractivity contribution in [3.63, 3.8) is 0 Å². The first kappa shape index (κ1) is 22.8. The third-order valence-corrected chi connectivity index (χ3v) is 5.45. The summed E-state index contributed by atoms with van der Waals surface area (Å²) in [7, 11) is 0. The number of rotatable bonds is 7. The van der Waals surface area contributed by atoms with Crippen LogP contribution in [0.1, 0.15) is 22.3 Å². The van der Waals surface area contributed by atoms with Gasteiger partial charge in [-0.3, -0.25) is 0 Å². The lowest BCUT2D eigenvalue weighted by molar-refractivity contribution is -0.137. The maximum atomic E-state index is 13.0. The molecule has 0 fully saturated rings. The first-order valence-corrected chi connectivity index (χ1v) is 10.4. The van der Waals surface area contributed by atoms with E-state index in [0.29, 0.717) is 10.6 Å². The van der Waals surface area contributed by atoms with Gasteiger partial charge in [0.1, 0.15) is 18.3 Å². The number of aliphatic hydroxyl groups is 1. The van der Waals surface area contributed by atoms with Gasteiger partial charge < -0.3 is 9.67 Å². The molecule has 0 radical (unpaired) electrons. The van der Waals surface area contributed by atoms with Crippen molar-refractivity contribution in [2.75, 3.05) is 0 Å². The van der Waals surface area contributed by atoms with Crippen LogP contribution in [0.3, 0.4) is 0 Å². The molecule has 0 bridgehead atoms. The molecule has 0 spiro atoms. The minimum atomic E-state index is -4.45. The molecule has 2 heterocycles. The van der Waals surface area contributed by atoms with Gasteiger partial charge in [0.05, 0.1) is 18.7 Å². The molecule has 4 rings (SSSR count). The van der Waals surface area contributed by atoms with Crippen LogP contribution in [0.25, 0.3) is 12.2 Å². The van der Waals surface area contributed by atoms with Gasteiger partial charge >= 0.3 is 6.18 Å². The van der Waals surface area contributed by atoms with Crippen LogP contribution < -0.4 is 0 Å². The summed E-state index contributed by atoms with van der Waals surface area (Å²) in [5.74, 6) is 0. The van der Waals surface area contributed by atoms with E-state index >= 15 is 0 Å². The van der Waals surface area contributed by atoms with Crippen LogP contribution in [0.4, 0.5) is 13.2 Å². The molecule has 5 nitrogen and oxygen atoms in total.